The fraction of sp³-hybridized carbons (Fsp3) is 0.312. The van der Waals surface area contributed by atoms with Gasteiger partial charge in [-0.3, -0.25) is 9.59 Å². The first-order chi connectivity index (χ1) is 10.6. The number of hydrogen-bond donors (Lipinski definition) is 2. The molecule has 0 saturated heterocycles. The molecule has 1 aliphatic rings. The van der Waals surface area contributed by atoms with Gasteiger partial charge >= 0.3 is 0 Å². The van der Waals surface area contributed by atoms with Crippen molar-refractivity contribution in [1.29, 1.82) is 0 Å². The van der Waals surface area contributed by atoms with E-state index in [9.17, 15) is 9.59 Å². The zero-order chi connectivity index (χ0) is 15.5. The van der Waals surface area contributed by atoms with Crippen LogP contribution in [0.25, 0.3) is 10.4 Å². The Kier molecular flexibility index (Phi) is 4.20. The second kappa shape index (κ2) is 6.27. The normalized spacial score (nSPS) is 12.2. The van der Waals surface area contributed by atoms with Crippen molar-refractivity contribution in [3.8, 4) is 10.4 Å². The Bertz CT molecular complexity index is 724. The van der Waals surface area contributed by atoms with Gasteiger partial charge in [0.25, 0.3) is 0 Å². The van der Waals surface area contributed by atoms with Gasteiger partial charge in [0.05, 0.1) is 10.6 Å². The lowest BCUT2D eigenvalue weighted by atomic mass is 9.94. The van der Waals surface area contributed by atoms with Crippen LogP contribution < -0.4 is 10.6 Å². The van der Waals surface area contributed by atoms with Crippen molar-refractivity contribution in [2.75, 3.05) is 11.9 Å². The van der Waals surface area contributed by atoms with Crippen LogP contribution in [0.3, 0.4) is 0 Å². The van der Waals surface area contributed by atoms with E-state index in [2.05, 4.69) is 33.8 Å². The van der Waals surface area contributed by atoms with E-state index >= 15 is 0 Å². The largest absolute Gasteiger partial charge is 0.356 e. The molecule has 0 spiro atoms. The quantitative estimate of drug-likeness (QED) is 0.910. The zero-order valence-corrected chi connectivity index (χ0v) is 13.1. The van der Waals surface area contributed by atoms with Crippen molar-refractivity contribution in [3.05, 3.63) is 35.5 Å². The van der Waals surface area contributed by atoms with Gasteiger partial charge in [-0.1, -0.05) is 35.6 Å². The van der Waals surface area contributed by atoms with Crippen LogP contribution in [-0.2, 0) is 22.4 Å². The van der Waals surface area contributed by atoms with Crippen LogP contribution in [-0.4, -0.2) is 23.3 Å². The van der Waals surface area contributed by atoms with Gasteiger partial charge in [-0.2, -0.15) is 0 Å². The van der Waals surface area contributed by atoms with Gasteiger partial charge in [-0.05, 0) is 24.0 Å². The average molecular weight is 315 g/mol. The lowest BCUT2D eigenvalue weighted by molar-refractivity contribution is -0.119. The first-order valence-corrected chi connectivity index (χ1v) is 8.07. The number of benzene rings is 1. The highest BCUT2D eigenvalue weighted by Gasteiger charge is 2.20. The van der Waals surface area contributed by atoms with Crippen molar-refractivity contribution in [2.24, 2.45) is 0 Å². The van der Waals surface area contributed by atoms with Crippen molar-refractivity contribution < 1.29 is 9.59 Å². The van der Waals surface area contributed by atoms with Gasteiger partial charge in [0.15, 0.2) is 5.13 Å². The summed E-state index contributed by atoms with van der Waals surface area (Å²) in [5.41, 5.74) is 3.61. The summed E-state index contributed by atoms with van der Waals surface area (Å²) in [7, 11) is 0. The summed E-state index contributed by atoms with van der Waals surface area (Å²) in [6.07, 6.45) is 2.15. The highest BCUT2D eigenvalue weighted by Crippen LogP contribution is 2.39. The Hall–Kier alpha value is -2.21. The Balaban J connectivity index is 1.69. The molecule has 5 nitrogen and oxygen atoms in total. The zero-order valence-electron chi connectivity index (χ0n) is 12.3. The first-order valence-electron chi connectivity index (χ1n) is 7.26. The molecule has 0 fully saturated rings. The van der Waals surface area contributed by atoms with Crippen LogP contribution in [0.2, 0.25) is 0 Å². The molecule has 0 saturated carbocycles. The first kappa shape index (κ1) is 14.7. The molecule has 3 rings (SSSR count). The SMILES string of the molecule is CC(=O)NCCC(=O)Nc1nc2c(s1)-c1ccccc1CC2. The summed E-state index contributed by atoms with van der Waals surface area (Å²) in [6.45, 7) is 1.78. The summed E-state index contributed by atoms with van der Waals surface area (Å²) in [5, 5.41) is 6.06. The van der Waals surface area contributed by atoms with Crippen LogP contribution in [0.5, 0.6) is 0 Å². The lowest BCUT2D eigenvalue weighted by Gasteiger charge is -2.13. The topological polar surface area (TPSA) is 71.1 Å². The minimum Gasteiger partial charge on any atom is -0.356 e. The van der Waals surface area contributed by atoms with Gasteiger partial charge in [0, 0.05) is 19.9 Å². The molecular weight excluding hydrogens is 298 g/mol. The van der Waals surface area contributed by atoms with E-state index in [4.69, 9.17) is 0 Å². The highest BCUT2D eigenvalue weighted by atomic mass is 32.1. The molecule has 6 heteroatoms. The number of anilines is 1. The van der Waals surface area contributed by atoms with Crippen molar-refractivity contribution in [1.82, 2.24) is 10.3 Å². The predicted octanol–water partition coefficient (Wildman–Crippen LogP) is 2.37. The van der Waals surface area contributed by atoms with Crippen LogP contribution in [0, 0.1) is 0 Å². The maximum absolute atomic E-state index is 11.9. The second-order valence-corrected chi connectivity index (χ2v) is 6.23. The van der Waals surface area contributed by atoms with E-state index in [1.165, 1.54) is 29.4 Å². The number of amides is 2. The maximum Gasteiger partial charge on any atom is 0.227 e. The smallest absolute Gasteiger partial charge is 0.227 e. The van der Waals surface area contributed by atoms with E-state index in [0.29, 0.717) is 11.7 Å². The average Bonchev–Trinajstić information content (AvgIpc) is 2.89. The molecule has 0 aliphatic heterocycles. The molecule has 0 bridgehead atoms. The predicted molar refractivity (Wildman–Crippen MR) is 86.9 cm³/mol. The molecule has 22 heavy (non-hydrogen) atoms. The number of aromatic nitrogens is 1. The van der Waals surface area contributed by atoms with E-state index in [1.54, 1.807) is 0 Å². The molecule has 1 aliphatic carbocycles. The number of thiazole rings is 1. The molecule has 0 unspecified atom stereocenters. The number of aryl methyl sites for hydroxylation is 2. The van der Waals surface area contributed by atoms with Crippen molar-refractivity contribution in [3.63, 3.8) is 0 Å². The second-order valence-electron chi connectivity index (χ2n) is 5.23. The number of nitrogens with zero attached hydrogens (tertiary/aromatic N) is 1. The summed E-state index contributed by atoms with van der Waals surface area (Å²) >= 11 is 1.52. The maximum atomic E-state index is 11.9. The van der Waals surface area contributed by atoms with E-state index < -0.39 is 0 Å². The Morgan fingerprint density at radius 3 is 2.91 bits per heavy atom. The molecular formula is C16H17N3O2S. The monoisotopic (exact) mass is 315 g/mol. The van der Waals surface area contributed by atoms with Crippen LogP contribution >= 0.6 is 11.3 Å². The Morgan fingerprint density at radius 2 is 2.09 bits per heavy atom. The summed E-state index contributed by atoms with van der Waals surface area (Å²) in [4.78, 5) is 28.3. The van der Waals surface area contributed by atoms with Crippen LogP contribution in [0.1, 0.15) is 24.6 Å². The molecule has 0 atom stereocenters. The molecule has 2 N–H and O–H groups in total. The lowest BCUT2D eigenvalue weighted by Crippen LogP contribution is -2.25. The van der Waals surface area contributed by atoms with Gasteiger partial charge < -0.3 is 10.6 Å². The summed E-state index contributed by atoms with van der Waals surface area (Å²) < 4.78 is 0. The number of nitrogens with one attached hydrogen (secondary N) is 2. The summed E-state index contributed by atoms with van der Waals surface area (Å²) in [6, 6.07) is 8.33. The van der Waals surface area contributed by atoms with Crippen molar-refractivity contribution >= 4 is 28.3 Å². The molecule has 2 amide bonds. The minimum atomic E-state index is -0.131. The molecule has 1 aromatic heterocycles. The standard InChI is InChI=1S/C16H17N3O2S/c1-10(20)17-9-8-14(21)19-16-18-13-7-6-11-4-2-3-5-12(11)15(13)22-16/h2-5H,6-9H2,1H3,(H,17,20)(H,18,19,21). The third-order valence-corrected chi connectivity index (χ3v) is 4.61. The van der Waals surface area contributed by atoms with Gasteiger partial charge in [-0.15, -0.1) is 0 Å². The molecule has 1 heterocycles. The Labute approximate surface area is 132 Å². The van der Waals surface area contributed by atoms with Crippen LogP contribution in [0.15, 0.2) is 24.3 Å². The van der Waals surface area contributed by atoms with Crippen molar-refractivity contribution in [2.45, 2.75) is 26.2 Å². The number of fused-ring (bicyclic) bond motifs is 3. The van der Waals surface area contributed by atoms with Gasteiger partial charge in [-0.25, -0.2) is 4.98 Å². The van der Waals surface area contributed by atoms with Gasteiger partial charge in [0.2, 0.25) is 11.8 Å². The third-order valence-electron chi connectivity index (χ3n) is 3.56. The molecule has 2 aromatic rings. The van der Waals surface area contributed by atoms with E-state index in [0.717, 1.165) is 23.4 Å². The number of carbonyl (C=O) groups excluding carboxylic acids is 2. The van der Waals surface area contributed by atoms with Gasteiger partial charge in [0.1, 0.15) is 0 Å². The van der Waals surface area contributed by atoms with E-state index in [-0.39, 0.29) is 18.2 Å². The highest BCUT2D eigenvalue weighted by molar-refractivity contribution is 7.19. The fourth-order valence-corrected chi connectivity index (χ4v) is 3.62. The van der Waals surface area contributed by atoms with E-state index in [1.807, 2.05) is 6.07 Å². The summed E-state index contributed by atoms with van der Waals surface area (Å²) in [5.74, 6) is -0.262. The fourth-order valence-electron chi connectivity index (χ4n) is 2.53. The number of hydrogen-bond acceptors (Lipinski definition) is 4. The molecule has 0 radical (unpaired) electrons. The number of rotatable bonds is 4. The molecule has 114 valence electrons. The minimum absolute atomic E-state index is 0.130. The molecule has 1 aromatic carbocycles. The number of carbonyl (C=O) groups is 2. The van der Waals surface area contributed by atoms with Crippen LogP contribution in [0.4, 0.5) is 5.13 Å². The third kappa shape index (κ3) is 3.17. The Morgan fingerprint density at radius 1 is 1.27 bits per heavy atom.